The number of benzene rings is 2. The van der Waals surface area contributed by atoms with Crippen LogP contribution in [-0.2, 0) is 6.42 Å². The molecule has 0 aliphatic carbocycles. The van der Waals surface area contributed by atoms with E-state index >= 15 is 0 Å². The fourth-order valence-electron chi connectivity index (χ4n) is 3.27. The molecular weight excluding hydrogens is 360 g/mol. The molecule has 1 aliphatic heterocycles. The summed E-state index contributed by atoms with van der Waals surface area (Å²) < 4.78 is 0. The lowest BCUT2D eigenvalue weighted by Crippen LogP contribution is -2.30. The van der Waals surface area contributed by atoms with E-state index in [1.807, 2.05) is 50.2 Å². The summed E-state index contributed by atoms with van der Waals surface area (Å²) in [5, 5.41) is 3.81. The van der Waals surface area contributed by atoms with Crippen molar-refractivity contribution in [2.45, 2.75) is 20.3 Å². The number of anilines is 3. The summed E-state index contributed by atoms with van der Waals surface area (Å²) in [6.45, 7) is 4.49. The zero-order valence-corrected chi connectivity index (χ0v) is 15.9. The number of halogens is 1. The molecule has 1 aliphatic rings. The predicted octanol–water partition coefficient (Wildman–Crippen LogP) is 4.69. The molecule has 0 unspecified atom stereocenters. The van der Waals surface area contributed by atoms with Crippen LogP contribution in [0.3, 0.4) is 0 Å². The molecule has 1 N–H and O–H groups in total. The number of nitrogens with one attached hydrogen (secondary N) is 1. The third-order valence-corrected chi connectivity index (χ3v) is 4.89. The number of para-hydroxylation sites is 1. The van der Waals surface area contributed by atoms with Gasteiger partial charge in [0.25, 0.3) is 5.91 Å². The van der Waals surface area contributed by atoms with Gasteiger partial charge in [-0.05, 0) is 55.7 Å². The van der Waals surface area contributed by atoms with Gasteiger partial charge in [-0.3, -0.25) is 4.79 Å². The number of carbonyl (C=O) groups is 1. The molecule has 27 heavy (non-hydrogen) atoms. The summed E-state index contributed by atoms with van der Waals surface area (Å²) in [5.74, 6) is 0.271. The van der Waals surface area contributed by atoms with Gasteiger partial charge in [-0.1, -0.05) is 35.9 Å². The average molecular weight is 379 g/mol. The molecule has 0 saturated heterocycles. The van der Waals surface area contributed by atoms with Crippen molar-refractivity contribution in [1.29, 1.82) is 0 Å². The zero-order valence-electron chi connectivity index (χ0n) is 15.2. The van der Waals surface area contributed by atoms with Crippen molar-refractivity contribution in [3.63, 3.8) is 0 Å². The first kappa shape index (κ1) is 17.5. The fraction of sp³-hybridized carbons (Fsp3) is 0.190. The van der Waals surface area contributed by atoms with Gasteiger partial charge in [-0.25, -0.2) is 9.97 Å². The van der Waals surface area contributed by atoms with Crippen molar-refractivity contribution in [2.75, 3.05) is 16.8 Å². The van der Waals surface area contributed by atoms with Crippen LogP contribution in [0.25, 0.3) is 0 Å². The lowest BCUT2D eigenvalue weighted by Gasteiger charge is -2.17. The van der Waals surface area contributed by atoms with E-state index in [4.69, 9.17) is 11.6 Å². The number of aromatic nitrogens is 2. The molecule has 4 rings (SSSR count). The number of amides is 1. The topological polar surface area (TPSA) is 58.1 Å². The summed E-state index contributed by atoms with van der Waals surface area (Å²) in [7, 11) is 0. The van der Waals surface area contributed by atoms with Gasteiger partial charge in [-0.2, -0.15) is 0 Å². The lowest BCUT2D eigenvalue weighted by atomic mass is 10.2. The SMILES string of the molecule is Cc1cc(C(=O)N2CCc3ccccc32)nc(Nc2cc(Cl)ccc2C)n1. The molecule has 5 nitrogen and oxygen atoms in total. The Hall–Kier alpha value is -2.92. The summed E-state index contributed by atoms with van der Waals surface area (Å²) in [4.78, 5) is 23.7. The number of nitrogens with zero attached hydrogens (tertiary/aromatic N) is 3. The highest BCUT2D eigenvalue weighted by Crippen LogP contribution is 2.29. The zero-order chi connectivity index (χ0) is 19.0. The Morgan fingerprint density at radius 3 is 2.78 bits per heavy atom. The predicted molar refractivity (Wildman–Crippen MR) is 108 cm³/mol. The van der Waals surface area contributed by atoms with Crippen LogP contribution in [-0.4, -0.2) is 22.4 Å². The molecule has 0 saturated carbocycles. The van der Waals surface area contributed by atoms with Crippen LogP contribution in [0.4, 0.5) is 17.3 Å². The monoisotopic (exact) mass is 378 g/mol. The number of hydrogen-bond acceptors (Lipinski definition) is 4. The molecule has 2 heterocycles. The number of aryl methyl sites for hydroxylation is 2. The Kier molecular flexibility index (Phi) is 4.54. The number of carbonyl (C=O) groups excluding carboxylic acids is 1. The average Bonchev–Trinajstić information content (AvgIpc) is 3.08. The van der Waals surface area contributed by atoms with Crippen molar-refractivity contribution in [3.8, 4) is 0 Å². The molecule has 0 fully saturated rings. The Morgan fingerprint density at radius 2 is 1.93 bits per heavy atom. The maximum absolute atomic E-state index is 13.1. The molecular formula is C21H19ClN4O. The molecule has 1 aromatic heterocycles. The van der Waals surface area contributed by atoms with E-state index in [0.29, 0.717) is 23.2 Å². The first-order valence-corrected chi connectivity index (χ1v) is 9.18. The van der Waals surface area contributed by atoms with Crippen molar-refractivity contribution in [3.05, 3.63) is 76.1 Å². The normalized spacial score (nSPS) is 12.8. The molecule has 3 aromatic rings. The van der Waals surface area contributed by atoms with Crippen LogP contribution in [0.2, 0.25) is 5.02 Å². The first-order chi connectivity index (χ1) is 13.0. The van der Waals surface area contributed by atoms with Gasteiger partial charge in [0, 0.05) is 28.6 Å². The minimum Gasteiger partial charge on any atom is -0.324 e. The second-order valence-electron chi connectivity index (χ2n) is 6.64. The van der Waals surface area contributed by atoms with Crippen LogP contribution in [0.1, 0.15) is 27.3 Å². The molecule has 136 valence electrons. The van der Waals surface area contributed by atoms with Gasteiger partial charge >= 0.3 is 0 Å². The van der Waals surface area contributed by atoms with E-state index in [9.17, 15) is 4.79 Å². The summed E-state index contributed by atoms with van der Waals surface area (Å²) in [6, 6.07) is 15.3. The van der Waals surface area contributed by atoms with Crippen molar-refractivity contribution in [2.24, 2.45) is 0 Å². The van der Waals surface area contributed by atoms with Crippen molar-refractivity contribution >= 4 is 34.8 Å². The Balaban J connectivity index is 1.65. The van der Waals surface area contributed by atoms with Crippen LogP contribution in [0, 0.1) is 13.8 Å². The number of fused-ring (bicyclic) bond motifs is 1. The van der Waals surface area contributed by atoms with E-state index in [-0.39, 0.29) is 5.91 Å². The van der Waals surface area contributed by atoms with E-state index in [1.54, 1.807) is 11.0 Å². The molecule has 1 amide bonds. The van der Waals surface area contributed by atoms with Crippen LogP contribution < -0.4 is 10.2 Å². The molecule has 2 aromatic carbocycles. The summed E-state index contributed by atoms with van der Waals surface area (Å²) >= 11 is 6.09. The van der Waals surface area contributed by atoms with Gasteiger partial charge < -0.3 is 10.2 Å². The molecule has 0 radical (unpaired) electrons. The van der Waals surface area contributed by atoms with Crippen LogP contribution in [0.5, 0.6) is 0 Å². The second-order valence-corrected chi connectivity index (χ2v) is 7.07. The quantitative estimate of drug-likeness (QED) is 0.718. The fourth-order valence-corrected chi connectivity index (χ4v) is 3.44. The summed E-state index contributed by atoms with van der Waals surface area (Å²) in [6.07, 6.45) is 0.860. The van der Waals surface area contributed by atoms with E-state index in [2.05, 4.69) is 21.4 Å². The van der Waals surface area contributed by atoms with Gasteiger partial charge in [-0.15, -0.1) is 0 Å². The van der Waals surface area contributed by atoms with Gasteiger partial charge in [0.15, 0.2) is 0 Å². The molecule has 6 heteroatoms. The minimum absolute atomic E-state index is 0.115. The summed E-state index contributed by atoms with van der Waals surface area (Å²) in [5.41, 5.74) is 5.08. The molecule has 0 atom stereocenters. The van der Waals surface area contributed by atoms with Gasteiger partial charge in [0.05, 0.1) is 0 Å². The van der Waals surface area contributed by atoms with E-state index in [0.717, 1.165) is 29.1 Å². The minimum atomic E-state index is -0.115. The smallest absolute Gasteiger partial charge is 0.277 e. The van der Waals surface area contributed by atoms with Crippen molar-refractivity contribution < 1.29 is 4.79 Å². The molecule has 0 bridgehead atoms. The van der Waals surface area contributed by atoms with Gasteiger partial charge in [0.2, 0.25) is 5.95 Å². The highest BCUT2D eigenvalue weighted by Gasteiger charge is 2.26. The van der Waals surface area contributed by atoms with Gasteiger partial charge in [0.1, 0.15) is 5.69 Å². The number of hydrogen-bond donors (Lipinski definition) is 1. The molecule has 0 spiro atoms. The van der Waals surface area contributed by atoms with E-state index in [1.165, 1.54) is 5.56 Å². The largest absolute Gasteiger partial charge is 0.324 e. The van der Waals surface area contributed by atoms with Crippen LogP contribution in [0.15, 0.2) is 48.5 Å². The highest BCUT2D eigenvalue weighted by atomic mass is 35.5. The standard InChI is InChI=1S/C21H19ClN4O/c1-13-7-8-16(22)12-17(13)24-21-23-14(2)11-18(25-21)20(27)26-10-9-15-5-3-4-6-19(15)26/h3-8,11-12H,9-10H2,1-2H3,(H,23,24,25). The Labute approximate surface area is 163 Å². The third-order valence-electron chi connectivity index (χ3n) is 4.65. The van der Waals surface area contributed by atoms with Crippen LogP contribution >= 0.6 is 11.6 Å². The maximum Gasteiger partial charge on any atom is 0.277 e. The third kappa shape index (κ3) is 3.51. The highest BCUT2D eigenvalue weighted by molar-refractivity contribution is 6.30. The first-order valence-electron chi connectivity index (χ1n) is 8.80. The maximum atomic E-state index is 13.1. The van der Waals surface area contributed by atoms with Crippen molar-refractivity contribution in [1.82, 2.24) is 9.97 Å². The number of rotatable bonds is 3. The Bertz CT molecular complexity index is 1030. The lowest BCUT2D eigenvalue weighted by molar-refractivity contribution is 0.0984. The van der Waals surface area contributed by atoms with E-state index < -0.39 is 0 Å². The Morgan fingerprint density at radius 1 is 1.11 bits per heavy atom. The second kappa shape index (κ2) is 7.00.